The molecule has 2 aromatic carbocycles. The van der Waals surface area contributed by atoms with E-state index >= 15 is 0 Å². The van der Waals surface area contributed by atoms with Crippen LogP contribution in [0.1, 0.15) is 19.4 Å². The van der Waals surface area contributed by atoms with Gasteiger partial charge in [0.1, 0.15) is 23.7 Å². The fourth-order valence-corrected chi connectivity index (χ4v) is 3.28. The number of likely N-dealkylation sites (N-methyl/N-ethyl adjacent to an activating group) is 1. The summed E-state index contributed by atoms with van der Waals surface area (Å²) < 4.78 is 23.3. The molecule has 9 heteroatoms. The van der Waals surface area contributed by atoms with E-state index in [2.05, 4.69) is 19.6 Å². The Balaban J connectivity index is 1.92. The molecular formula is C21H22FN5O2S. The molecule has 0 aliphatic heterocycles. The fraction of sp³-hybridized carbons (Fsp3) is 0.286. The third-order valence-corrected chi connectivity index (χ3v) is 4.90. The summed E-state index contributed by atoms with van der Waals surface area (Å²) in [6, 6.07) is 7.71. The van der Waals surface area contributed by atoms with Crippen LogP contribution >= 0.6 is 0 Å². The van der Waals surface area contributed by atoms with Crippen molar-refractivity contribution in [1.29, 1.82) is 0 Å². The number of anilines is 2. The predicted molar refractivity (Wildman–Crippen MR) is 117 cm³/mol. The van der Waals surface area contributed by atoms with Crippen molar-refractivity contribution in [3.8, 4) is 5.75 Å². The van der Waals surface area contributed by atoms with Crippen LogP contribution in [0.5, 0.6) is 5.75 Å². The van der Waals surface area contributed by atoms with Crippen molar-refractivity contribution in [2.75, 3.05) is 25.0 Å². The van der Waals surface area contributed by atoms with Crippen molar-refractivity contribution in [3.63, 3.8) is 0 Å². The number of benzene rings is 2. The first-order chi connectivity index (χ1) is 14.5. The Morgan fingerprint density at radius 2 is 2.00 bits per heavy atom. The maximum Gasteiger partial charge on any atom is 0.260 e. The van der Waals surface area contributed by atoms with Crippen LogP contribution in [0.4, 0.5) is 21.6 Å². The molecule has 7 nitrogen and oxygen atoms in total. The summed E-state index contributed by atoms with van der Waals surface area (Å²) >= 11 is 4.78. The van der Waals surface area contributed by atoms with Crippen molar-refractivity contribution in [2.24, 2.45) is 4.36 Å². The van der Waals surface area contributed by atoms with Crippen molar-refractivity contribution < 1.29 is 13.9 Å². The van der Waals surface area contributed by atoms with Crippen molar-refractivity contribution in [1.82, 2.24) is 14.9 Å². The average Bonchev–Trinajstić information content (AvgIpc) is 2.74. The standard InChI is InChI=1S/C21H22FN5O2S/c1-4-27(5-2)19(28)11-29-18-9-14(22)6-7-16(18)25-21-20-13(3)8-15(26-30)10-17(20)23-12-24-21/h6-10,12H,4-5,11H2,1-3H3,(H,23,24,25). The van der Waals surface area contributed by atoms with Gasteiger partial charge in [-0.1, -0.05) is 0 Å². The van der Waals surface area contributed by atoms with Gasteiger partial charge < -0.3 is 15.0 Å². The number of ether oxygens (including phenoxy) is 1. The average molecular weight is 428 g/mol. The van der Waals surface area contributed by atoms with Crippen LogP contribution in [-0.4, -0.2) is 40.5 Å². The van der Waals surface area contributed by atoms with Gasteiger partial charge in [0.2, 0.25) is 0 Å². The summed E-state index contributed by atoms with van der Waals surface area (Å²) in [7, 11) is 0. The number of nitrogens with zero attached hydrogens (tertiary/aromatic N) is 4. The van der Waals surface area contributed by atoms with E-state index in [1.807, 2.05) is 26.8 Å². The number of carbonyl (C=O) groups excluding carboxylic acids is 1. The molecule has 3 aromatic rings. The zero-order valence-electron chi connectivity index (χ0n) is 17.0. The highest BCUT2D eigenvalue weighted by Gasteiger charge is 2.15. The minimum absolute atomic E-state index is 0.168. The smallest absolute Gasteiger partial charge is 0.260 e. The second-order valence-electron chi connectivity index (χ2n) is 6.59. The van der Waals surface area contributed by atoms with Gasteiger partial charge in [0.25, 0.3) is 5.91 Å². The molecule has 0 saturated heterocycles. The summed E-state index contributed by atoms with van der Waals surface area (Å²) in [6.07, 6.45) is 1.42. The largest absolute Gasteiger partial charge is 0.481 e. The lowest BCUT2D eigenvalue weighted by Crippen LogP contribution is -2.34. The van der Waals surface area contributed by atoms with Crippen molar-refractivity contribution >= 4 is 46.4 Å². The Morgan fingerprint density at radius 3 is 2.70 bits per heavy atom. The van der Waals surface area contributed by atoms with Gasteiger partial charge in [-0.2, -0.15) is 4.36 Å². The van der Waals surface area contributed by atoms with E-state index < -0.39 is 5.82 Å². The number of hydrogen-bond donors (Lipinski definition) is 1. The van der Waals surface area contributed by atoms with Crippen LogP contribution in [0.3, 0.4) is 0 Å². The molecule has 0 fully saturated rings. The Kier molecular flexibility index (Phi) is 6.83. The van der Waals surface area contributed by atoms with Gasteiger partial charge in [0.05, 0.1) is 16.9 Å². The molecule has 1 amide bonds. The molecule has 30 heavy (non-hydrogen) atoms. The van der Waals surface area contributed by atoms with Gasteiger partial charge >= 0.3 is 0 Å². The number of hydrogen-bond acceptors (Lipinski definition) is 7. The van der Waals surface area contributed by atoms with Gasteiger partial charge in [-0.05, 0) is 50.6 Å². The Hall–Kier alpha value is -3.20. The summed E-state index contributed by atoms with van der Waals surface area (Å²) in [5, 5.41) is 3.96. The second-order valence-corrected chi connectivity index (χ2v) is 6.77. The molecule has 0 atom stereocenters. The third-order valence-electron chi connectivity index (χ3n) is 4.69. The maximum absolute atomic E-state index is 13.9. The topological polar surface area (TPSA) is 79.7 Å². The number of aryl methyl sites for hydroxylation is 1. The number of amides is 1. The lowest BCUT2D eigenvalue weighted by molar-refractivity contribution is -0.132. The summed E-state index contributed by atoms with van der Waals surface area (Å²) in [6.45, 7) is 6.67. The first kappa shape index (κ1) is 21.5. The Bertz CT molecular complexity index is 1090. The molecule has 0 aliphatic rings. The lowest BCUT2D eigenvalue weighted by Gasteiger charge is -2.20. The van der Waals surface area contributed by atoms with Crippen LogP contribution in [0.25, 0.3) is 10.9 Å². The van der Waals surface area contributed by atoms with Crippen molar-refractivity contribution in [2.45, 2.75) is 20.8 Å². The second kappa shape index (κ2) is 9.53. The third kappa shape index (κ3) is 4.68. The SMILES string of the molecule is CCN(CC)C(=O)COc1cc(F)ccc1Nc1ncnc2cc(N=S)cc(C)c12. The molecule has 1 N–H and O–H groups in total. The minimum atomic E-state index is -0.466. The summed E-state index contributed by atoms with van der Waals surface area (Å²) in [4.78, 5) is 22.5. The minimum Gasteiger partial charge on any atom is -0.481 e. The molecular weight excluding hydrogens is 405 g/mol. The first-order valence-electron chi connectivity index (χ1n) is 9.52. The van der Waals surface area contributed by atoms with Crippen LogP contribution in [-0.2, 0) is 17.2 Å². The normalized spacial score (nSPS) is 10.7. The Morgan fingerprint density at radius 1 is 1.23 bits per heavy atom. The van der Waals surface area contributed by atoms with Crippen LogP contribution in [0.2, 0.25) is 0 Å². The molecule has 1 aromatic heterocycles. The van der Waals surface area contributed by atoms with Gasteiger partial charge in [-0.25, -0.2) is 14.4 Å². The van der Waals surface area contributed by atoms with E-state index in [9.17, 15) is 9.18 Å². The first-order valence-corrected chi connectivity index (χ1v) is 9.89. The van der Waals surface area contributed by atoms with Crippen LogP contribution in [0, 0.1) is 12.7 Å². The maximum atomic E-state index is 13.9. The molecule has 0 unspecified atom stereocenters. The highest BCUT2D eigenvalue weighted by Crippen LogP contribution is 2.33. The van der Waals surface area contributed by atoms with E-state index in [1.165, 1.54) is 18.5 Å². The van der Waals surface area contributed by atoms with Crippen LogP contribution < -0.4 is 10.1 Å². The Labute approximate surface area is 179 Å². The molecule has 0 saturated carbocycles. The van der Waals surface area contributed by atoms with Gasteiger partial charge in [0, 0.05) is 37.0 Å². The number of fused-ring (bicyclic) bond motifs is 1. The molecule has 1 heterocycles. The van der Waals surface area contributed by atoms with Gasteiger partial charge in [-0.15, -0.1) is 0 Å². The molecule has 0 spiro atoms. The number of carbonyl (C=O) groups is 1. The van der Waals surface area contributed by atoms with E-state index in [-0.39, 0.29) is 18.3 Å². The fourth-order valence-electron chi connectivity index (χ4n) is 3.17. The zero-order chi connectivity index (χ0) is 21.7. The zero-order valence-corrected chi connectivity index (χ0v) is 17.8. The molecule has 156 valence electrons. The monoisotopic (exact) mass is 427 g/mol. The molecule has 0 bridgehead atoms. The van der Waals surface area contributed by atoms with Crippen molar-refractivity contribution in [3.05, 3.63) is 48.0 Å². The van der Waals surface area contributed by atoms with E-state index in [0.29, 0.717) is 35.8 Å². The van der Waals surface area contributed by atoms with Gasteiger partial charge in [0.15, 0.2) is 6.61 Å². The highest BCUT2D eigenvalue weighted by molar-refractivity contribution is 7.47. The van der Waals surface area contributed by atoms with Crippen LogP contribution in [0.15, 0.2) is 41.0 Å². The summed E-state index contributed by atoms with van der Waals surface area (Å²) in [5.74, 6) is 0.113. The summed E-state index contributed by atoms with van der Waals surface area (Å²) in [5.41, 5.74) is 2.69. The predicted octanol–water partition coefficient (Wildman–Crippen LogP) is 4.43. The number of aromatic nitrogens is 2. The number of halogens is 1. The van der Waals surface area contributed by atoms with E-state index in [1.54, 1.807) is 17.0 Å². The molecule has 3 rings (SSSR count). The van der Waals surface area contributed by atoms with Gasteiger partial charge in [-0.3, -0.25) is 4.79 Å². The number of nitrogens with one attached hydrogen (secondary N) is 1. The highest BCUT2D eigenvalue weighted by atomic mass is 32.1. The lowest BCUT2D eigenvalue weighted by atomic mass is 10.1. The quantitative estimate of drug-likeness (QED) is 0.573. The van der Waals surface area contributed by atoms with E-state index in [4.69, 9.17) is 17.2 Å². The molecule has 0 radical (unpaired) electrons. The molecule has 0 aliphatic carbocycles. The van der Waals surface area contributed by atoms with E-state index in [0.717, 1.165) is 10.9 Å². The number of rotatable bonds is 8.